The fraction of sp³-hybridized carbons (Fsp3) is 0.286. The number of amidine groups is 1. The maximum Gasteiger partial charge on any atom is 0.231 e. The molecule has 6 rings (SSSR count). The molecule has 10 heteroatoms. The van der Waals surface area contributed by atoms with E-state index < -0.39 is 5.82 Å². The summed E-state index contributed by atoms with van der Waals surface area (Å²) < 4.78 is 26.8. The number of hydrogen-bond acceptors (Lipinski definition) is 6. The van der Waals surface area contributed by atoms with Gasteiger partial charge in [0.05, 0.1) is 33.7 Å². The normalized spacial score (nSPS) is 19.2. The van der Waals surface area contributed by atoms with Gasteiger partial charge in [-0.25, -0.2) is 13.9 Å². The summed E-state index contributed by atoms with van der Waals surface area (Å²) in [5.41, 5.74) is 18.2. The zero-order valence-electron chi connectivity index (χ0n) is 20.9. The van der Waals surface area contributed by atoms with Crippen LogP contribution in [0, 0.1) is 12.7 Å². The molecule has 38 heavy (non-hydrogen) atoms. The third-order valence-electron chi connectivity index (χ3n) is 7.21. The summed E-state index contributed by atoms with van der Waals surface area (Å²) in [6.45, 7) is 2.25. The van der Waals surface area contributed by atoms with Gasteiger partial charge in [0.2, 0.25) is 6.79 Å². The zero-order chi connectivity index (χ0) is 26.4. The van der Waals surface area contributed by atoms with Crippen LogP contribution in [0.1, 0.15) is 36.8 Å². The third kappa shape index (κ3) is 4.63. The molecule has 2 aliphatic rings. The summed E-state index contributed by atoms with van der Waals surface area (Å²) in [5.74, 6) is 1.20. The van der Waals surface area contributed by atoms with E-state index >= 15 is 0 Å². The van der Waals surface area contributed by atoms with Gasteiger partial charge in [0.25, 0.3) is 0 Å². The number of ether oxygens (including phenoxy) is 2. The van der Waals surface area contributed by atoms with Crippen LogP contribution >= 0.6 is 11.6 Å². The quantitative estimate of drug-likeness (QED) is 0.228. The van der Waals surface area contributed by atoms with E-state index in [-0.39, 0.29) is 30.4 Å². The highest BCUT2D eigenvalue weighted by atomic mass is 35.5. The van der Waals surface area contributed by atoms with Crippen molar-refractivity contribution in [2.24, 2.45) is 16.5 Å². The topological polar surface area (TPSA) is 112 Å². The van der Waals surface area contributed by atoms with Crippen LogP contribution in [0.3, 0.4) is 0 Å². The summed E-state index contributed by atoms with van der Waals surface area (Å²) in [6.07, 6.45) is 7.42. The second-order valence-corrected chi connectivity index (χ2v) is 10.3. The number of benzene rings is 2. The van der Waals surface area contributed by atoms with E-state index in [2.05, 4.69) is 21.5 Å². The van der Waals surface area contributed by atoms with Crippen molar-refractivity contribution in [1.29, 1.82) is 0 Å². The van der Waals surface area contributed by atoms with Crippen LogP contribution in [0.5, 0.6) is 11.5 Å². The van der Waals surface area contributed by atoms with Crippen LogP contribution in [0.25, 0.3) is 16.6 Å². The van der Waals surface area contributed by atoms with Crippen LogP contribution in [0.15, 0.2) is 53.8 Å². The van der Waals surface area contributed by atoms with Gasteiger partial charge < -0.3 is 26.3 Å². The van der Waals surface area contributed by atoms with Crippen LogP contribution in [-0.2, 0) is 0 Å². The lowest BCUT2D eigenvalue weighted by atomic mass is 9.91. The molecule has 4 aromatic rings. The third-order valence-corrected chi connectivity index (χ3v) is 7.53. The molecular weight excluding hydrogens is 507 g/mol. The SMILES string of the molecule is Cc1cc2c(cc1-c1cc3c(N[C@H]4CC[C@H](N)CC4)c(/C(N)=N/c4cc(F)ccc4Cl)cnn3c1)OCO2. The van der Waals surface area contributed by atoms with E-state index in [4.69, 9.17) is 32.5 Å². The molecule has 2 aromatic heterocycles. The highest BCUT2D eigenvalue weighted by Gasteiger charge is 2.23. The van der Waals surface area contributed by atoms with Crippen molar-refractivity contribution in [1.82, 2.24) is 9.61 Å². The van der Waals surface area contributed by atoms with Crippen molar-refractivity contribution in [2.75, 3.05) is 12.1 Å². The lowest BCUT2D eigenvalue weighted by Gasteiger charge is -2.28. The minimum atomic E-state index is -0.443. The molecule has 1 aliphatic heterocycles. The molecule has 5 N–H and O–H groups in total. The molecule has 0 saturated heterocycles. The van der Waals surface area contributed by atoms with Gasteiger partial charge >= 0.3 is 0 Å². The van der Waals surface area contributed by atoms with E-state index in [9.17, 15) is 4.39 Å². The van der Waals surface area contributed by atoms with E-state index in [0.29, 0.717) is 10.6 Å². The maximum atomic E-state index is 13.9. The Balaban J connectivity index is 1.46. The predicted molar refractivity (Wildman–Crippen MR) is 147 cm³/mol. The first-order chi connectivity index (χ1) is 18.4. The molecule has 0 radical (unpaired) electrons. The summed E-state index contributed by atoms with van der Waals surface area (Å²) >= 11 is 6.26. The van der Waals surface area contributed by atoms with E-state index in [1.807, 2.05) is 29.8 Å². The van der Waals surface area contributed by atoms with Gasteiger partial charge in [-0.3, -0.25) is 0 Å². The Hall–Kier alpha value is -3.82. The first-order valence-corrected chi connectivity index (χ1v) is 13.0. The van der Waals surface area contributed by atoms with Crippen molar-refractivity contribution >= 4 is 34.3 Å². The number of aromatic nitrogens is 2. The second kappa shape index (κ2) is 9.81. The lowest BCUT2D eigenvalue weighted by Crippen LogP contribution is -2.33. The minimum Gasteiger partial charge on any atom is -0.454 e. The van der Waals surface area contributed by atoms with Gasteiger partial charge in [0.1, 0.15) is 11.7 Å². The van der Waals surface area contributed by atoms with Gasteiger partial charge in [-0.1, -0.05) is 11.6 Å². The first kappa shape index (κ1) is 24.5. The number of anilines is 1. The molecule has 0 bridgehead atoms. The van der Waals surface area contributed by atoms with Crippen LogP contribution in [0.2, 0.25) is 5.02 Å². The van der Waals surface area contributed by atoms with Crippen LogP contribution in [-0.4, -0.2) is 34.3 Å². The minimum absolute atomic E-state index is 0.185. The number of fused-ring (bicyclic) bond motifs is 2. The molecule has 1 aliphatic carbocycles. The van der Waals surface area contributed by atoms with Crippen molar-refractivity contribution in [3.63, 3.8) is 0 Å². The van der Waals surface area contributed by atoms with Gasteiger partial charge in [0.15, 0.2) is 11.5 Å². The van der Waals surface area contributed by atoms with Gasteiger partial charge in [0, 0.05) is 29.9 Å². The maximum absolute atomic E-state index is 13.9. The fourth-order valence-corrected chi connectivity index (χ4v) is 5.29. The second-order valence-electron chi connectivity index (χ2n) is 9.86. The molecule has 0 atom stereocenters. The molecule has 0 spiro atoms. The van der Waals surface area contributed by atoms with Gasteiger partial charge in [-0.05, 0) is 74.1 Å². The van der Waals surface area contributed by atoms with Crippen molar-refractivity contribution in [3.8, 4) is 22.6 Å². The largest absolute Gasteiger partial charge is 0.454 e. The lowest BCUT2D eigenvalue weighted by molar-refractivity contribution is 0.174. The Labute approximate surface area is 224 Å². The van der Waals surface area contributed by atoms with E-state index in [1.165, 1.54) is 18.2 Å². The Bertz CT molecular complexity index is 1560. The summed E-state index contributed by atoms with van der Waals surface area (Å²) in [5, 5.41) is 8.64. The number of aliphatic imine (C=N–C) groups is 1. The number of nitrogens with two attached hydrogens (primary N) is 2. The standard InChI is InChI=1S/C28H28ClFN6O2/c1-15-8-25-26(38-14-37-25)11-20(15)16-9-24-27(34-19-5-3-18(31)4-6-19)21(12-33-36(24)13-16)28(32)35-23-10-17(30)2-7-22(23)29/h2,7-13,18-19,34H,3-6,14,31H2,1H3,(H2,32,35)/t18-,19-. The molecule has 8 nitrogen and oxygen atoms in total. The van der Waals surface area contributed by atoms with E-state index in [0.717, 1.165) is 65.1 Å². The summed E-state index contributed by atoms with van der Waals surface area (Å²) in [4.78, 5) is 4.46. The first-order valence-electron chi connectivity index (χ1n) is 12.6. The Morgan fingerprint density at radius 2 is 1.89 bits per heavy atom. The molecule has 3 heterocycles. The van der Waals surface area contributed by atoms with Crippen molar-refractivity contribution < 1.29 is 13.9 Å². The molecular formula is C28H28ClFN6O2. The van der Waals surface area contributed by atoms with Crippen LogP contribution < -0.4 is 26.3 Å². The number of halogens is 2. The number of rotatable bonds is 5. The zero-order valence-corrected chi connectivity index (χ0v) is 21.6. The molecule has 2 aromatic carbocycles. The number of nitrogens with zero attached hydrogens (tertiary/aromatic N) is 3. The van der Waals surface area contributed by atoms with Crippen LogP contribution in [0.4, 0.5) is 15.8 Å². The summed E-state index contributed by atoms with van der Waals surface area (Å²) in [7, 11) is 0. The Morgan fingerprint density at radius 1 is 1.13 bits per heavy atom. The highest BCUT2D eigenvalue weighted by molar-refractivity contribution is 6.33. The molecule has 196 valence electrons. The Morgan fingerprint density at radius 3 is 2.68 bits per heavy atom. The smallest absolute Gasteiger partial charge is 0.231 e. The monoisotopic (exact) mass is 534 g/mol. The van der Waals surface area contributed by atoms with Gasteiger partial charge in [-0.15, -0.1) is 0 Å². The fourth-order valence-electron chi connectivity index (χ4n) is 5.13. The highest BCUT2D eigenvalue weighted by Crippen LogP contribution is 2.40. The van der Waals surface area contributed by atoms with Crippen molar-refractivity contribution in [3.05, 3.63) is 70.8 Å². The number of nitrogens with one attached hydrogen (secondary N) is 1. The average Bonchev–Trinajstić information content (AvgIpc) is 3.54. The van der Waals surface area contributed by atoms with E-state index in [1.54, 1.807) is 6.20 Å². The molecule has 1 saturated carbocycles. The Kier molecular flexibility index (Phi) is 6.33. The molecule has 1 fully saturated rings. The number of hydrogen-bond donors (Lipinski definition) is 3. The van der Waals surface area contributed by atoms with Gasteiger partial charge in [-0.2, -0.15) is 5.10 Å². The molecule has 0 amide bonds. The predicted octanol–water partition coefficient (Wildman–Crippen LogP) is 5.55. The van der Waals surface area contributed by atoms with Crippen molar-refractivity contribution in [2.45, 2.75) is 44.7 Å². The summed E-state index contributed by atoms with van der Waals surface area (Å²) in [6, 6.07) is 10.5. The number of aryl methyl sites for hydroxylation is 1. The average molecular weight is 535 g/mol. The molecule has 0 unspecified atom stereocenters.